The minimum absolute atomic E-state index is 0.247. The first-order valence-electron chi connectivity index (χ1n) is 4.91. The van der Waals surface area contributed by atoms with Gasteiger partial charge in [-0.2, -0.15) is 18.3 Å². The highest BCUT2D eigenvalue weighted by Gasteiger charge is 2.29. The molecule has 1 N–H and O–H groups in total. The van der Waals surface area contributed by atoms with Crippen molar-refractivity contribution in [3.8, 4) is 0 Å². The number of alkyl halides is 3. The van der Waals surface area contributed by atoms with E-state index in [1.54, 1.807) is 0 Å². The number of anilines is 1. The maximum Gasteiger partial charge on any atom is 0.408 e. The van der Waals surface area contributed by atoms with Gasteiger partial charge in [-0.05, 0) is 6.42 Å². The molecule has 0 aliphatic heterocycles. The van der Waals surface area contributed by atoms with Crippen LogP contribution in [0.15, 0.2) is 11.0 Å². The molecule has 96 valence electrons. The van der Waals surface area contributed by atoms with Gasteiger partial charge in [-0.3, -0.25) is 4.79 Å². The van der Waals surface area contributed by atoms with Crippen molar-refractivity contribution in [1.82, 2.24) is 9.78 Å². The summed E-state index contributed by atoms with van der Waals surface area (Å²) in [5.41, 5.74) is -0.706. The van der Waals surface area contributed by atoms with E-state index in [0.717, 1.165) is 12.6 Å². The summed E-state index contributed by atoms with van der Waals surface area (Å²) in [7, 11) is 0. The Labute approximate surface area is 100 Å². The molecule has 0 spiro atoms. The lowest BCUT2D eigenvalue weighted by molar-refractivity contribution is -0.143. The number of rotatable bonds is 4. The third-order valence-corrected chi connectivity index (χ3v) is 2.24. The van der Waals surface area contributed by atoms with Crippen molar-refractivity contribution < 1.29 is 13.2 Å². The average Bonchev–Trinajstić information content (AvgIpc) is 2.22. The lowest BCUT2D eigenvalue weighted by Gasteiger charge is -2.11. The van der Waals surface area contributed by atoms with E-state index in [1.165, 1.54) is 0 Å². The second-order valence-electron chi connectivity index (χ2n) is 3.38. The van der Waals surface area contributed by atoms with Crippen LogP contribution in [0.1, 0.15) is 13.3 Å². The molecular weight excluding hydrogens is 259 g/mol. The third kappa shape index (κ3) is 3.92. The summed E-state index contributed by atoms with van der Waals surface area (Å²) in [5, 5.41) is 5.94. The molecule has 8 heteroatoms. The Morgan fingerprint density at radius 1 is 1.53 bits per heavy atom. The van der Waals surface area contributed by atoms with Gasteiger partial charge in [0.2, 0.25) is 0 Å². The van der Waals surface area contributed by atoms with E-state index in [1.807, 2.05) is 6.92 Å². The molecule has 1 aromatic rings. The highest BCUT2D eigenvalue weighted by atomic mass is 35.5. The molecule has 1 rings (SSSR count). The zero-order chi connectivity index (χ0) is 13.1. The summed E-state index contributed by atoms with van der Waals surface area (Å²) in [6, 6.07) is 0. The monoisotopic (exact) mass is 269 g/mol. The SMILES string of the molecule is CCCNc1cnn(CC(F)(F)F)c(=O)c1Cl. The minimum Gasteiger partial charge on any atom is -0.382 e. The molecule has 1 heterocycles. The van der Waals surface area contributed by atoms with Gasteiger partial charge < -0.3 is 5.32 Å². The molecule has 1 aromatic heterocycles. The third-order valence-electron chi connectivity index (χ3n) is 1.88. The summed E-state index contributed by atoms with van der Waals surface area (Å²) < 4.78 is 36.6. The number of aromatic nitrogens is 2. The first kappa shape index (κ1) is 13.8. The molecule has 0 amide bonds. The van der Waals surface area contributed by atoms with E-state index in [4.69, 9.17) is 11.6 Å². The summed E-state index contributed by atoms with van der Waals surface area (Å²) >= 11 is 5.66. The van der Waals surface area contributed by atoms with Crippen molar-refractivity contribution in [2.24, 2.45) is 0 Å². The molecular formula is C9H11ClF3N3O. The zero-order valence-electron chi connectivity index (χ0n) is 9.01. The number of nitrogens with zero attached hydrogens (tertiary/aromatic N) is 2. The van der Waals surface area contributed by atoms with Crippen LogP contribution in [0, 0.1) is 0 Å². The number of nitrogens with one attached hydrogen (secondary N) is 1. The quantitative estimate of drug-likeness (QED) is 0.912. The predicted octanol–water partition coefficient (Wildman–Crippen LogP) is 2.28. The molecule has 4 nitrogen and oxygen atoms in total. The van der Waals surface area contributed by atoms with Crippen molar-refractivity contribution in [1.29, 1.82) is 0 Å². The van der Waals surface area contributed by atoms with Crippen LogP contribution in [0.3, 0.4) is 0 Å². The van der Waals surface area contributed by atoms with Gasteiger partial charge in [0.25, 0.3) is 5.56 Å². The Balaban J connectivity index is 2.99. The van der Waals surface area contributed by atoms with Gasteiger partial charge in [0, 0.05) is 6.54 Å². The van der Waals surface area contributed by atoms with Gasteiger partial charge >= 0.3 is 6.18 Å². The maximum absolute atomic E-state index is 12.1. The molecule has 0 aliphatic carbocycles. The van der Waals surface area contributed by atoms with Gasteiger partial charge in [0.05, 0.1) is 11.9 Å². The first-order chi connectivity index (χ1) is 7.85. The van der Waals surface area contributed by atoms with Crippen LogP contribution >= 0.6 is 11.6 Å². The van der Waals surface area contributed by atoms with E-state index in [-0.39, 0.29) is 10.7 Å². The summed E-state index contributed by atoms with van der Waals surface area (Å²) in [5.74, 6) is 0. The van der Waals surface area contributed by atoms with Crippen molar-refractivity contribution in [2.45, 2.75) is 26.1 Å². The summed E-state index contributed by atoms with van der Waals surface area (Å²) in [6.45, 7) is 1.02. The lowest BCUT2D eigenvalue weighted by Crippen LogP contribution is -2.30. The molecule has 0 bridgehead atoms. The van der Waals surface area contributed by atoms with Gasteiger partial charge in [-0.1, -0.05) is 18.5 Å². The fourth-order valence-corrected chi connectivity index (χ4v) is 1.34. The highest BCUT2D eigenvalue weighted by molar-refractivity contribution is 6.32. The first-order valence-corrected chi connectivity index (χ1v) is 5.29. The lowest BCUT2D eigenvalue weighted by atomic mass is 10.4. The van der Waals surface area contributed by atoms with E-state index >= 15 is 0 Å². The van der Waals surface area contributed by atoms with E-state index < -0.39 is 18.3 Å². The van der Waals surface area contributed by atoms with E-state index in [0.29, 0.717) is 11.2 Å². The molecule has 0 aliphatic rings. The Kier molecular flexibility index (Phi) is 4.39. The van der Waals surface area contributed by atoms with Gasteiger partial charge in [0.15, 0.2) is 0 Å². The average molecular weight is 270 g/mol. The van der Waals surface area contributed by atoms with Crippen molar-refractivity contribution in [3.63, 3.8) is 0 Å². The van der Waals surface area contributed by atoms with Gasteiger partial charge in [-0.25, -0.2) is 4.68 Å². The molecule has 0 saturated heterocycles. The van der Waals surface area contributed by atoms with Crippen molar-refractivity contribution in [3.05, 3.63) is 21.6 Å². The number of hydrogen-bond acceptors (Lipinski definition) is 3. The second-order valence-corrected chi connectivity index (χ2v) is 3.75. The standard InChI is InChI=1S/C9H11ClF3N3O/c1-2-3-14-6-4-15-16(5-9(11,12)13)8(17)7(6)10/h4,14H,2-3,5H2,1H3. The van der Waals surface area contributed by atoms with Gasteiger partial charge in [-0.15, -0.1) is 0 Å². The van der Waals surface area contributed by atoms with Crippen LogP contribution in [0.2, 0.25) is 5.02 Å². The summed E-state index contributed by atoms with van der Waals surface area (Å²) in [4.78, 5) is 11.5. The second kappa shape index (κ2) is 5.39. The van der Waals surface area contributed by atoms with Crippen LogP contribution in [-0.2, 0) is 6.54 Å². The van der Waals surface area contributed by atoms with Crippen molar-refractivity contribution in [2.75, 3.05) is 11.9 Å². The normalized spacial score (nSPS) is 11.6. The van der Waals surface area contributed by atoms with E-state index in [9.17, 15) is 18.0 Å². The van der Waals surface area contributed by atoms with Crippen molar-refractivity contribution >= 4 is 17.3 Å². The van der Waals surface area contributed by atoms with Crippen LogP contribution in [0.25, 0.3) is 0 Å². The fraction of sp³-hybridized carbons (Fsp3) is 0.556. The molecule has 0 radical (unpaired) electrons. The Bertz CT molecular complexity index is 444. The Morgan fingerprint density at radius 2 is 2.18 bits per heavy atom. The zero-order valence-corrected chi connectivity index (χ0v) is 9.77. The Morgan fingerprint density at radius 3 is 2.71 bits per heavy atom. The predicted molar refractivity (Wildman–Crippen MR) is 58.3 cm³/mol. The molecule has 0 atom stereocenters. The highest BCUT2D eigenvalue weighted by Crippen LogP contribution is 2.18. The van der Waals surface area contributed by atoms with Crippen LogP contribution < -0.4 is 10.9 Å². The fourth-order valence-electron chi connectivity index (χ4n) is 1.13. The maximum atomic E-state index is 12.1. The molecule has 0 fully saturated rings. The smallest absolute Gasteiger partial charge is 0.382 e. The Hall–Kier alpha value is -1.24. The number of halogens is 4. The van der Waals surface area contributed by atoms with Crippen LogP contribution in [0.4, 0.5) is 18.9 Å². The molecule has 0 saturated carbocycles. The molecule has 17 heavy (non-hydrogen) atoms. The largest absolute Gasteiger partial charge is 0.408 e. The van der Waals surface area contributed by atoms with Crippen LogP contribution in [0.5, 0.6) is 0 Å². The summed E-state index contributed by atoms with van der Waals surface area (Å²) in [6.07, 6.45) is -2.59. The van der Waals surface area contributed by atoms with Gasteiger partial charge in [0.1, 0.15) is 11.6 Å². The van der Waals surface area contributed by atoms with E-state index in [2.05, 4.69) is 10.4 Å². The molecule has 0 unspecified atom stereocenters. The minimum atomic E-state index is -4.50. The topological polar surface area (TPSA) is 46.9 Å². The molecule has 0 aromatic carbocycles. The van der Waals surface area contributed by atoms with Crippen LogP contribution in [-0.4, -0.2) is 22.5 Å². The number of hydrogen-bond donors (Lipinski definition) is 1.